The SMILES string of the molecule is COc1ccccc1-c1csc(C2CCN(c3ncccc3F)CC2)n1. The number of pyridine rings is 1. The molecule has 4 rings (SSSR count). The van der Waals surface area contributed by atoms with E-state index >= 15 is 0 Å². The number of aromatic nitrogens is 2. The number of thiazole rings is 1. The first kappa shape index (κ1) is 17.0. The Morgan fingerprint density at radius 2 is 1.96 bits per heavy atom. The minimum atomic E-state index is -0.251. The van der Waals surface area contributed by atoms with Crippen LogP contribution >= 0.6 is 11.3 Å². The summed E-state index contributed by atoms with van der Waals surface area (Å²) < 4.78 is 19.4. The predicted molar refractivity (Wildman–Crippen MR) is 102 cm³/mol. The van der Waals surface area contributed by atoms with E-state index in [0.29, 0.717) is 11.7 Å². The summed E-state index contributed by atoms with van der Waals surface area (Å²) in [4.78, 5) is 11.1. The average Bonchev–Trinajstić information content (AvgIpc) is 3.18. The second kappa shape index (κ2) is 7.41. The minimum Gasteiger partial charge on any atom is -0.496 e. The van der Waals surface area contributed by atoms with E-state index in [2.05, 4.69) is 10.4 Å². The van der Waals surface area contributed by atoms with Crippen molar-refractivity contribution in [2.24, 2.45) is 0 Å². The normalized spacial score (nSPS) is 15.2. The molecule has 0 amide bonds. The third-order valence-corrected chi connectivity index (χ3v) is 5.79. The van der Waals surface area contributed by atoms with Gasteiger partial charge in [-0.2, -0.15) is 0 Å². The Labute approximate surface area is 156 Å². The number of methoxy groups -OCH3 is 1. The van der Waals surface area contributed by atoms with E-state index in [1.165, 1.54) is 6.07 Å². The molecule has 134 valence electrons. The van der Waals surface area contributed by atoms with E-state index in [4.69, 9.17) is 9.72 Å². The van der Waals surface area contributed by atoms with Crippen LogP contribution in [-0.4, -0.2) is 30.2 Å². The largest absolute Gasteiger partial charge is 0.496 e. The Bertz CT molecular complexity index is 890. The van der Waals surface area contributed by atoms with Crippen molar-refractivity contribution in [3.8, 4) is 17.0 Å². The third kappa shape index (κ3) is 3.29. The van der Waals surface area contributed by atoms with Gasteiger partial charge in [0.2, 0.25) is 0 Å². The lowest BCUT2D eigenvalue weighted by Crippen LogP contribution is -2.34. The van der Waals surface area contributed by atoms with Gasteiger partial charge < -0.3 is 9.64 Å². The molecular formula is C20H20FN3OS. The Hall–Kier alpha value is -2.47. The van der Waals surface area contributed by atoms with E-state index in [1.54, 1.807) is 30.7 Å². The van der Waals surface area contributed by atoms with Crippen LogP contribution in [0.1, 0.15) is 23.8 Å². The molecule has 3 aromatic rings. The fourth-order valence-electron chi connectivity index (χ4n) is 3.40. The summed E-state index contributed by atoms with van der Waals surface area (Å²) >= 11 is 1.70. The molecule has 0 radical (unpaired) electrons. The molecule has 1 saturated heterocycles. The van der Waals surface area contributed by atoms with E-state index < -0.39 is 0 Å². The molecule has 2 aromatic heterocycles. The van der Waals surface area contributed by atoms with Crippen LogP contribution in [0.5, 0.6) is 5.75 Å². The van der Waals surface area contributed by atoms with Gasteiger partial charge >= 0.3 is 0 Å². The van der Waals surface area contributed by atoms with Gasteiger partial charge in [0.15, 0.2) is 11.6 Å². The highest BCUT2D eigenvalue weighted by atomic mass is 32.1. The molecule has 3 heterocycles. The minimum absolute atomic E-state index is 0.251. The molecule has 0 spiro atoms. The summed E-state index contributed by atoms with van der Waals surface area (Å²) in [5, 5.41) is 3.24. The second-order valence-electron chi connectivity index (χ2n) is 6.34. The van der Waals surface area contributed by atoms with E-state index in [0.717, 1.165) is 47.9 Å². The lowest BCUT2D eigenvalue weighted by Gasteiger charge is -2.32. The number of benzene rings is 1. The number of rotatable bonds is 4. The molecule has 0 bridgehead atoms. The summed E-state index contributed by atoms with van der Waals surface area (Å²) in [5.74, 6) is 1.45. The summed E-state index contributed by atoms with van der Waals surface area (Å²) in [6.07, 6.45) is 3.55. The molecule has 1 aliphatic rings. The molecule has 6 heteroatoms. The van der Waals surface area contributed by atoms with Crippen molar-refractivity contribution >= 4 is 17.2 Å². The van der Waals surface area contributed by atoms with Crippen molar-refractivity contribution in [3.05, 3.63) is 58.8 Å². The van der Waals surface area contributed by atoms with Crippen LogP contribution < -0.4 is 9.64 Å². The number of piperidine rings is 1. The highest BCUT2D eigenvalue weighted by Crippen LogP contribution is 2.36. The fraction of sp³-hybridized carbons (Fsp3) is 0.300. The molecular weight excluding hydrogens is 349 g/mol. The molecule has 0 N–H and O–H groups in total. The standard InChI is InChI=1S/C20H20FN3OS/c1-25-18-7-3-2-5-15(18)17-13-26-20(23-17)14-8-11-24(12-9-14)19-16(21)6-4-10-22-19/h2-7,10,13-14H,8-9,11-12H2,1H3. The number of para-hydroxylation sites is 1. The maximum Gasteiger partial charge on any atom is 0.165 e. The highest BCUT2D eigenvalue weighted by Gasteiger charge is 2.25. The maximum atomic E-state index is 13.9. The van der Waals surface area contributed by atoms with Crippen molar-refractivity contribution in [2.75, 3.05) is 25.1 Å². The zero-order valence-electron chi connectivity index (χ0n) is 14.6. The molecule has 0 atom stereocenters. The number of nitrogens with zero attached hydrogens (tertiary/aromatic N) is 3. The second-order valence-corrected chi connectivity index (χ2v) is 7.23. The highest BCUT2D eigenvalue weighted by molar-refractivity contribution is 7.10. The van der Waals surface area contributed by atoms with Crippen molar-refractivity contribution in [1.29, 1.82) is 0 Å². The molecule has 1 aliphatic heterocycles. The Morgan fingerprint density at radius 3 is 2.73 bits per heavy atom. The van der Waals surface area contributed by atoms with Gasteiger partial charge in [-0.3, -0.25) is 0 Å². The van der Waals surface area contributed by atoms with E-state index in [-0.39, 0.29) is 5.82 Å². The Kier molecular flexibility index (Phi) is 4.84. The van der Waals surface area contributed by atoms with Gasteiger partial charge in [-0.1, -0.05) is 12.1 Å². The van der Waals surface area contributed by atoms with Crippen molar-refractivity contribution in [1.82, 2.24) is 9.97 Å². The number of ether oxygens (including phenoxy) is 1. The summed E-state index contributed by atoms with van der Waals surface area (Å²) in [6.45, 7) is 1.59. The number of anilines is 1. The smallest absolute Gasteiger partial charge is 0.165 e. The van der Waals surface area contributed by atoms with Crippen LogP contribution in [0.3, 0.4) is 0 Å². The van der Waals surface area contributed by atoms with Crippen molar-refractivity contribution in [3.63, 3.8) is 0 Å². The van der Waals surface area contributed by atoms with Gasteiger partial charge in [-0.25, -0.2) is 14.4 Å². The maximum absolute atomic E-state index is 13.9. The summed E-state index contributed by atoms with van der Waals surface area (Å²) in [6, 6.07) is 11.0. The van der Waals surface area contributed by atoms with Gasteiger partial charge in [0.05, 0.1) is 17.8 Å². The van der Waals surface area contributed by atoms with Crippen LogP contribution in [0, 0.1) is 5.82 Å². The van der Waals surface area contributed by atoms with Gasteiger partial charge in [0.25, 0.3) is 0 Å². The lowest BCUT2D eigenvalue weighted by molar-refractivity contribution is 0.416. The summed E-state index contributed by atoms with van der Waals surface area (Å²) in [5.41, 5.74) is 1.98. The van der Waals surface area contributed by atoms with Crippen LogP contribution in [0.2, 0.25) is 0 Å². The molecule has 0 unspecified atom stereocenters. The van der Waals surface area contributed by atoms with Gasteiger partial charge in [-0.05, 0) is 37.1 Å². The quantitative estimate of drug-likeness (QED) is 0.666. The number of hydrogen-bond donors (Lipinski definition) is 0. The fourth-order valence-corrected chi connectivity index (χ4v) is 4.39. The Balaban J connectivity index is 1.47. The van der Waals surface area contributed by atoms with Gasteiger partial charge in [0, 0.05) is 36.1 Å². The van der Waals surface area contributed by atoms with E-state index in [9.17, 15) is 4.39 Å². The first-order valence-electron chi connectivity index (χ1n) is 8.70. The van der Waals surface area contributed by atoms with Crippen molar-refractivity contribution < 1.29 is 9.13 Å². The molecule has 26 heavy (non-hydrogen) atoms. The molecule has 4 nitrogen and oxygen atoms in total. The molecule has 0 aliphatic carbocycles. The van der Waals surface area contributed by atoms with Crippen LogP contribution in [0.4, 0.5) is 10.2 Å². The van der Waals surface area contributed by atoms with E-state index in [1.807, 2.05) is 29.2 Å². The molecule has 1 fully saturated rings. The van der Waals surface area contributed by atoms with Gasteiger partial charge in [-0.15, -0.1) is 11.3 Å². The first-order chi connectivity index (χ1) is 12.8. The monoisotopic (exact) mass is 369 g/mol. The molecule has 1 aromatic carbocycles. The van der Waals surface area contributed by atoms with Crippen molar-refractivity contribution in [2.45, 2.75) is 18.8 Å². The number of halogens is 1. The molecule has 0 saturated carbocycles. The Morgan fingerprint density at radius 1 is 1.15 bits per heavy atom. The zero-order chi connectivity index (χ0) is 17.9. The predicted octanol–water partition coefficient (Wildman–Crippen LogP) is 4.74. The van der Waals surface area contributed by atoms with Gasteiger partial charge in [0.1, 0.15) is 5.75 Å². The average molecular weight is 369 g/mol. The topological polar surface area (TPSA) is 38.2 Å². The third-order valence-electron chi connectivity index (χ3n) is 4.79. The zero-order valence-corrected chi connectivity index (χ0v) is 15.4. The lowest BCUT2D eigenvalue weighted by atomic mass is 9.97. The van der Waals surface area contributed by atoms with Crippen LogP contribution in [-0.2, 0) is 0 Å². The van der Waals surface area contributed by atoms with Crippen LogP contribution in [0.25, 0.3) is 11.3 Å². The first-order valence-corrected chi connectivity index (χ1v) is 9.58. The van der Waals surface area contributed by atoms with Crippen LogP contribution in [0.15, 0.2) is 48.0 Å². The summed E-state index contributed by atoms with van der Waals surface area (Å²) in [7, 11) is 1.68. The number of hydrogen-bond acceptors (Lipinski definition) is 5.